The second-order valence-corrected chi connectivity index (χ2v) is 7.63. The lowest BCUT2D eigenvalue weighted by atomic mass is 10.0. The lowest BCUT2D eigenvalue weighted by Gasteiger charge is -2.15. The summed E-state index contributed by atoms with van der Waals surface area (Å²) in [6.07, 6.45) is 2.03. The summed E-state index contributed by atoms with van der Waals surface area (Å²) in [6.45, 7) is 4.70. The third-order valence-electron chi connectivity index (χ3n) is 4.06. The summed E-state index contributed by atoms with van der Waals surface area (Å²) >= 11 is 7.43. The molecule has 0 saturated heterocycles. The number of furan rings is 1. The Labute approximate surface area is 144 Å². The Morgan fingerprint density at radius 3 is 2.70 bits per heavy atom. The van der Waals surface area contributed by atoms with E-state index in [1.807, 2.05) is 25.2 Å². The van der Waals surface area contributed by atoms with Crippen LogP contribution in [-0.4, -0.2) is 17.9 Å². The maximum absolute atomic E-state index is 12.5. The molecule has 0 bridgehead atoms. The molecule has 0 aliphatic carbocycles. The van der Waals surface area contributed by atoms with Crippen molar-refractivity contribution in [1.82, 2.24) is 4.90 Å². The number of carbonyl (C=O) groups is 1. The van der Waals surface area contributed by atoms with Gasteiger partial charge in [0, 0.05) is 22.9 Å². The van der Waals surface area contributed by atoms with Crippen LogP contribution in [0, 0.1) is 13.8 Å². The van der Waals surface area contributed by atoms with Crippen LogP contribution in [-0.2, 0) is 17.8 Å². The zero-order chi connectivity index (χ0) is 16.6. The van der Waals surface area contributed by atoms with E-state index in [1.165, 1.54) is 22.5 Å². The second-order valence-electron chi connectivity index (χ2n) is 5.83. The standard InChI is InChI=1S/C18H18ClNO2S/c1-11-6-15-13(10-22-16(15)7-12(11)2)8-18(21)20(3)9-14-4-5-17(19)23-14/h4-7,10H,8-9H2,1-3H3. The van der Waals surface area contributed by atoms with Gasteiger partial charge in [-0.3, -0.25) is 4.79 Å². The van der Waals surface area contributed by atoms with E-state index in [0.29, 0.717) is 13.0 Å². The van der Waals surface area contributed by atoms with Gasteiger partial charge in [0.05, 0.1) is 23.6 Å². The Balaban J connectivity index is 1.76. The monoisotopic (exact) mass is 347 g/mol. The molecule has 0 aliphatic rings. The average molecular weight is 348 g/mol. The van der Waals surface area contributed by atoms with E-state index in [0.717, 1.165) is 25.7 Å². The van der Waals surface area contributed by atoms with Gasteiger partial charge in [-0.1, -0.05) is 11.6 Å². The predicted octanol–water partition coefficient (Wildman–Crippen LogP) is 4.97. The number of carbonyl (C=O) groups excluding carboxylic acids is 1. The molecule has 0 N–H and O–H groups in total. The molecule has 3 nitrogen and oxygen atoms in total. The number of hydrogen-bond donors (Lipinski definition) is 0. The highest BCUT2D eigenvalue weighted by Crippen LogP contribution is 2.26. The van der Waals surface area contributed by atoms with Gasteiger partial charge in [0.15, 0.2) is 0 Å². The Morgan fingerprint density at radius 1 is 1.26 bits per heavy atom. The van der Waals surface area contributed by atoms with Crippen LogP contribution in [0.2, 0.25) is 4.34 Å². The summed E-state index contributed by atoms with van der Waals surface area (Å²) in [5.74, 6) is 0.0652. The van der Waals surface area contributed by atoms with Crippen LogP contribution in [0.1, 0.15) is 21.6 Å². The molecule has 5 heteroatoms. The van der Waals surface area contributed by atoms with E-state index < -0.39 is 0 Å². The number of fused-ring (bicyclic) bond motifs is 1. The fraction of sp³-hybridized carbons (Fsp3) is 0.278. The first-order valence-corrected chi connectivity index (χ1v) is 8.59. The van der Waals surface area contributed by atoms with Crippen molar-refractivity contribution >= 4 is 39.8 Å². The number of aryl methyl sites for hydroxylation is 2. The number of likely N-dealkylation sites (N-methyl/N-ethyl adjacent to an activating group) is 1. The smallest absolute Gasteiger partial charge is 0.227 e. The highest BCUT2D eigenvalue weighted by atomic mass is 35.5. The van der Waals surface area contributed by atoms with E-state index in [4.69, 9.17) is 16.0 Å². The van der Waals surface area contributed by atoms with E-state index in [-0.39, 0.29) is 5.91 Å². The van der Waals surface area contributed by atoms with Gasteiger partial charge in [-0.15, -0.1) is 11.3 Å². The van der Waals surface area contributed by atoms with Gasteiger partial charge < -0.3 is 9.32 Å². The van der Waals surface area contributed by atoms with Gasteiger partial charge >= 0.3 is 0 Å². The van der Waals surface area contributed by atoms with Gasteiger partial charge in [0.1, 0.15) is 5.58 Å². The zero-order valence-corrected chi connectivity index (χ0v) is 14.9. The summed E-state index contributed by atoms with van der Waals surface area (Å²) in [5, 5.41) is 1.02. The van der Waals surface area contributed by atoms with Crippen molar-refractivity contribution in [1.29, 1.82) is 0 Å². The second kappa shape index (κ2) is 6.38. The topological polar surface area (TPSA) is 33.5 Å². The molecule has 0 aliphatic heterocycles. The molecule has 2 aromatic heterocycles. The first-order chi connectivity index (χ1) is 10.9. The third-order valence-corrected chi connectivity index (χ3v) is 5.28. The van der Waals surface area contributed by atoms with Gasteiger partial charge in [-0.2, -0.15) is 0 Å². The van der Waals surface area contributed by atoms with Gasteiger partial charge in [0.2, 0.25) is 5.91 Å². The van der Waals surface area contributed by atoms with Crippen molar-refractivity contribution in [3.8, 4) is 0 Å². The van der Waals surface area contributed by atoms with Gasteiger partial charge in [-0.05, 0) is 49.2 Å². The fourth-order valence-corrected chi connectivity index (χ4v) is 3.67. The van der Waals surface area contributed by atoms with Crippen molar-refractivity contribution in [2.24, 2.45) is 0 Å². The van der Waals surface area contributed by atoms with Crippen molar-refractivity contribution in [3.05, 3.63) is 56.4 Å². The summed E-state index contributed by atoms with van der Waals surface area (Å²) in [6, 6.07) is 7.93. The molecule has 1 aromatic carbocycles. The lowest BCUT2D eigenvalue weighted by molar-refractivity contribution is -0.129. The maximum Gasteiger partial charge on any atom is 0.227 e. The van der Waals surface area contributed by atoms with Crippen molar-refractivity contribution in [3.63, 3.8) is 0 Å². The zero-order valence-electron chi connectivity index (χ0n) is 13.4. The SMILES string of the molecule is Cc1cc2occ(CC(=O)N(C)Cc3ccc(Cl)s3)c2cc1C. The van der Waals surface area contributed by atoms with Crippen LogP contribution in [0.5, 0.6) is 0 Å². The highest BCUT2D eigenvalue weighted by Gasteiger charge is 2.15. The van der Waals surface area contributed by atoms with Crippen molar-refractivity contribution in [2.45, 2.75) is 26.8 Å². The molecule has 3 aromatic rings. The van der Waals surface area contributed by atoms with E-state index in [1.54, 1.807) is 11.2 Å². The van der Waals surface area contributed by atoms with Crippen LogP contribution < -0.4 is 0 Å². The Kier molecular flexibility index (Phi) is 4.46. The molecule has 0 radical (unpaired) electrons. The van der Waals surface area contributed by atoms with Crippen LogP contribution in [0.25, 0.3) is 11.0 Å². The maximum atomic E-state index is 12.5. The van der Waals surface area contributed by atoms with Gasteiger partial charge in [0.25, 0.3) is 0 Å². The molecule has 120 valence electrons. The van der Waals surface area contributed by atoms with Crippen molar-refractivity contribution < 1.29 is 9.21 Å². The Hall–Kier alpha value is -1.78. The van der Waals surface area contributed by atoms with Crippen LogP contribution in [0.3, 0.4) is 0 Å². The van der Waals surface area contributed by atoms with Crippen LogP contribution >= 0.6 is 22.9 Å². The number of halogens is 1. The molecular weight excluding hydrogens is 330 g/mol. The van der Waals surface area contributed by atoms with Gasteiger partial charge in [-0.25, -0.2) is 0 Å². The summed E-state index contributed by atoms with van der Waals surface area (Å²) in [5.41, 5.74) is 4.17. The van der Waals surface area contributed by atoms with E-state index in [9.17, 15) is 4.79 Å². The molecule has 23 heavy (non-hydrogen) atoms. The fourth-order valence-electron chi connectivity index (χ4n) is 2.53. The average Bonchev–Trinajstić information content (AvgIpc) is 3.07. The van der Waals surface area contributed by atoms with Crippen LogP contribution in [0.4, 0.5) is 0 Å². The first kappa shape index (κ1) is 16.1. The minimum Gasteiger partial charge on any atom is -0.464 e. The Morgan fingerprint density at radius 2 is 2.00 bits per heavy atom. The van der Waals surface area contributed by atoms with E-state index >= 15 is 0 Å². The molecule has 0 unspecified atom stereocenters. The molecular formula is C18H18ClNO2S. The molecule has 0 spiro atoms. The van der Waals surface area contributed by atoms with Crippen molar-refractivity contribution in [2.75, 3.05) is 7.05 Å². The molecule has 3 rings (SSSR count). The lowest BCUT2D eigenvalue weighted by Crippen LogP contribution is -2.27. The summed E-state index contributed by atoms with van der Waals surface area (Å²) < 4.78 is 6.34. The molecule has 0 atom stereocenters. The number of amides is 1. The predicted molar refractivity (Wildman–Crippen MR) is 95.2 cm³/mol. The normalized spacial score (nSPS) is 11.1. The quantitative estimate of drug-likeness (QED) is 0.668. The highest BCUT2D eigenvalue weighted by molar-refractivity contribution is 7.16. The molecule has 0 saturated carbocycles. The number of nitrogens with zero attached hydrogens (tertiary/aromatic N) is 1. The number of hydrogen-bond acceptors (Lipinski definition) is 3. The minimum absolute atomic E-state index is 0.0652. The summed E-state index contributed by atoms with van der Waals surface area (Å²) in [4.78, 5) is 15.3. The minimum atomic E-state index is 0.0652. The first-order valence-electron chi connectivity index (χ1n) is 7.39. The number of rotatable bonds is 4. The molecule has 0 fully saturated rings. The largest absolute Gasteiger partial charge is 0.464 e. The van der Waals surface area contributed by atoms with E-state index in [2.05, 4.69) is 19.9 Å². The molecule has 1 amide bonds. The number of thiophene rings is 1. The number of benzene rings is 1. The third kappa shape index (κ3) is 3.43. The Bertz CT molecular complexity index is 865. The van der Waals surface area contributed by atoms with Crippen LogP contribution in [0.15, 0.2) is 34.9 Å². The molecule has 2 heterocycles. The summed E-state index contributed by atoms with van der Waals surface area (Å²) in [7, 11) is 1.81.